The first-order valence-electron chi connectivity index (χ1n) is 7.35. The van der Waals surface area contributed by atoms with Crippen molar-refractivity contribution in [3.05, 3.63) is 0 Å². The fourth-order valence-electron chi connectivity index (χ4n) is 3.02. The standard InChI is InChI=1S/C14H24N2O3/c1-3-19-14(18)11-6-4-5-9-16(11)13(17)12-10(2)7-8-15-12/h10-12,15H,3-9H2,1-2H3. The van der Waals surface area contributed by atoms with Gasteiger partial charge in [0.25, 0.3) is 0 Å². The number of nitrogens with one attached hydrogen (secondary N) is 1. The predicted molar refractivity (Wildman–Crippen MR) is 71.6 cm³/mol. The molecule has 0 bridgehead atoms. The lowest BCUT2D eigenvalue weighted by molar-refractivity contribution is -0.157. The van der Waals surface area contributed by atoms with Gasteiger partial charge in [-0.05, 0) is 45.1 Å². The molecule has 0 aromatic rings. The Morgan fingerprint density at radius 1 is 1.32 bits per heavy atom. The summed E-state index contributed by atoms with van der Waals surface area (Å²) in [5.41, 5.74) is 0. The lowest BCUT2D eigenvalue weighted by Gasteiger charge is -2.36. The quantitative estimate of drug-likeness (QED) is 0.774. The van der Waals surface area contributed by atoms with Crippen LogP contribution in [-0.4, -0.2) is 48.6 Å². The zero-order valence-electron chi connectivity index (χ0n) is 11.9. The molecule has 1 amide bonds. The van der Waals surface area contributed by atoms with E-state index in [0.29, 0.717) is 19.1 Å². The molecule has 0 radical (unpaired) electrons. The van der Waals surface area contributed by atoms with Gasteiger partial charge in [-0.15, -0.1) is 0 Å². The molecular formula is C14H24N2O3. The van der Waals surface area contributed by atoms with Gasteiger partial charge in [0.2, 0.25) is 5.91 Å². The van der Waals surface area contributed by atoms with Crippen LogP contribution in [0.1, 0.15) is 39.5 Å². The molecule has 3 unspecified atom stereocenters. The Labute approximate surface area is 114 Å². The van der Waals surface area contributed by atoms with E-state index in [-0.39, 0.29) is 24.0 Å². The highest BCUT2D eigenvalue weighted by Gasteiger charge is 2.39. The molecule has 2 saturated heterocycles. The van der Waals surface area contributed by atoms with Crippen molar-refractivity contribution in [3.8, 4) is 0 Å². The zero-order chi connectivity index (χ0) is 13.8. The van der Waals surface area contributed by atoms with Gasteiger partial charge in [-0.2, -0.15) is 0 Å². The number of esters is 1. The highest BCUT2D eigenvalue weighted by Crippen LogP contribution is 2.23. The van der Waals surface area contributed by atoms with Crippen molar-refractivity contribution in [1.29, 1.82) is 0 Å². The van der Waals surface area contributed by atoms with E-state index < -0.39 is 0 Å². The predicted octanol–water partition coefficient (Wildman–Crippen LogP) is 0.929. The first-order chi connectivity index (χ1) is 9.15. The van der Waals surface area contributed by atoms with Crippen LogP contribution in [0.5, 0.6) is 0 Å². The summed E-state index contributed by atoms with van der Waals surface area (Å²) in [6, 6.07) is -0.508. The second-order valence-electron chi connectivity index (χ2n) is 5.49. The second-order valence-corrected chi connectivity index (χ2v) is 5.49. The maximum atomic E-state index is 12.6. The van der Waals surface area contributed by atoms with Gasteiger partial charge in [-0.1, -0.05) is 6.92 Å². The molecule has 2 heterocycles. The van der Waals surface area contributed by atoms with Crippen molar-refractivity contribution in [2.24, 2.45) is 5.92 Å². The van der Waals surface area contributed by atoms with Crippen molar-refractivity contribution in [3.63, 3.8) is 0 Å². The minimum absolute atomic E-state index is 0.0720. The molecule has 5 heteroatoms. The van der Waals surface area contributed by atoms with Crippen molar-refractivity contribution in [2.45, 2.75) is 51.6 Å². The van der Waals surface area contributed by atoms with Crippen LogP contribution < -0.4 is 5.32 Å². The van der Waals surface area contributed by atoms with Crippen LogP contribution in [0.15, 0.2) is 0 Å². The summed E-state index contributed by atoms with van der Waals surface area (Å²) in [6.07, 6.45) is 3.71. The number of nitrogens with zero attached hydrogens (tertiary/aromatic N) is 1. The highest BCUT2D eigenvalue weighted by molar-refractivity contribution is 5.88. The van der Waals surface area contributed by atoms with Crippen molar-refractivity contribution >= 4 is 11.9 Å². The lowest BCUT2D eigenvalue weighted by atomic mass is 9.97. The molecule has 0 saturated carbocycles. The maximum Gasteiger partial charge on any atom is 0.328 e. The van der Waals surface area contributed by atoms with E-state index in [9.17, 15) is 9.59 Å². The topological polar surface area (TPSA) is 58.6 Å². The fraction of sp³-hybridized carbons (Fsp3) is 0.857. The normalized spacial score (nSPS) is 31.3. The number of hydrogen-bond acceptors (Lipinski definition) is 4. The summed E-state index contributed by atoms with van der Waals surface area (Å²) in [6.45, 7) is 5.82. The smallest absolute Gasteiger partial charge is 0.328 e. The third-order valence-electron chi connectivity index (χ3n) is 4.14. The molecule has 1 N–H and O–H groups in total. The van der Waals surface area contributed by atoms with E-state index in [0.717, 1.165) is 32.2 Å². The Hall–Kier alpha value is -1.10. The Morgan fingerprint density at radius 3 is 2.74 bits per heavy atom. The molecule has 0 spiro atoms. The van der Waals surface area contributed by atoms with Gasteiger partial charge in [0.1, 0.15) is 6.04 Å². The number of amides is 1. The Bertz CT molecular complexity index is 346. The van der Waals surface area contributed by atoms with Crippen LogP contribution in [0.3, 0.4) is 0 Å². The van der Waals surface area contributed by atoms with E-state index in [1.165, 1.54) is 0 Å². The van der Waals surface area contributed by atoms with Gasteiger partial charge in [0.15, 0.2) is 0 Å². The Balaban J connectivity index is 2.06. The third kappa shape index (κ3) is 3.08. The highest BCUT2D eigenvalue weighted by atomic mass is 16.5. The van der Waals surface area contributed by atoms with Crippen LogP contribution in [-0.2, 0) is 14.3 Å². The monoisotopic (exact) mass is 268 g/mol. The first kappa shape index (κ1) is 14.3. The molecule has 0 aliphatic carbocycles. The molecule has 2 rings (SSSR count). The third-order valence-corrected chi connectivity index (χ3v) is 4.14. The van der Waals surface area contributed by atoms with Gasteiger partial charge < -0.3 is 15.0 Å². The van der Waals surface area contributed by atoms with Gasteiger partial charge in [-0.3, -0.25) is 4.79 Å². The minimum Gasteiger partial charge on any atom is -0.464 e. The lowest BCUT2D eigenvalue weighted by Crippen LogP contribution is -2.54. The molecule has 2 fully saturated rings. The van der Waals surface area contributed by atoms with Crippen LogP contribution in [0.4, 0.5) is 0 Å². The number of carbonyl (C=O) groups is 2. The largest absolute Gasteiger partial charge is 0.464 e. The fourth-order valence-corrected chi connectivity index (χ4v) is 3.02. The van der Waals surface area contributed by atoms with Crippen LogP contribution in [0.2, 0.25) is 0 Å². The molecule has 108 valence electrons. The molecule has 0 aromatic carbocycles. The van der Waals surface area contributed by atoms with Gasteiger partial charge in [-0.25, -0.2) is 4.79 Å². The maximum absolute atomic E-state index is 12.6. The van der Waals surface area contributed by atoms with Crippen LogP contribution in [0.25, 0.3) is 0 Å². The number of ether oxygens (including phenoxy) is 1. The van der Waals surface area contributed by atoms with Gasteiger partial charge in [0.05, 0.1) is 12.6 Å². The molecule has 5 nitrogen and oxygen atoms in total. The first-order valence-corrected chi connectivity index (χ1v) is 7.35. The Kier molecular flexibility index (Phi) is 4.80. The molecule has 2 aliphatic rings. The number of piperidine rings is 1. The van der Waals surface area contributed by atoms with Crippen molar-refractivity contribution in [1.82, 2.24) is 10.2 Å². The SMILES string of the molecule is CCOC(=O)C1CCCCN1C(=O)C1NCCC1C. The van der Waals surface area contributed by atoms with Crippen molar-refractivity contribution in [2.75, 3.05) is 19.7 Å². The molecule has 19 heavy (non-hydrogen) atoms. The van der Waals surface area contributed by atoms with E-state index in [1.807, 2.05) is 0 Å². The summed E-state index contributed by atoms with van der Waals surface area (Å²) in [4.78, 5) is 26.3. The summed E-state index contributed by atoms with van der Waals surface area (Å²) >= 11 is 0. The molecule has 0 aromatic heterocycles. The summed E-state index contributed by atoms with van der Waals surface area (Å²) < 4.78 is 5.10. The Morgan fingerprint density at radius 2 is 2.11 bits per heavy atom. The molecule has 3 atom stereocenters. The van der Waals surface area contributed by atoms with E-state index in [2.05, 4.69) is 12.2 Å². The van der Waals surface area contributed by atoms with E-state index in [4.69, 9.17) is 4.74 Å². The van der Waals surface area contributed by atoms with Gasteiger partial charge >= 0.3 is 5.97 Å². The summed E-state index contributed by atoms with van der Waals surface area (Å²) in [5.74, 6) is 0.168. The number of likely N-dealkylation sites (tertiary alicyclic amines) is 1. The number of hydrogen-bond donors (Lipinski definition) is 1. The van der Waals surface area contributed by atoms with E-state index in [1.54, 1.807) is 11.8 Å². The molecular weight excluding hydrogens is 244 g/mol. The molecule has 2 aliphatic heterocycles. The zero-order valence-corrected chi connectivity index (χ0v) is 11.9. The number of carbonyl (C=O) groups excluding carboxylic acids is 2. The van der Waals surface area contributed by atoms with Crippen molar-refractivity contribution < 1.29 is 14.3 Å². The summed E-state index contributed by atoms with van der Waals surface area (Å²) in [5, 5.41) is 3.25. The van der Waals surface area contributed by atoms with Crippen LogP contribution >= 0.6 is 0 Å². The van der Waals surface area contributed by atoms with Crippen LogP contribution in [0, 0.1) is 5.92 Å². The average molecular weight is 268 g/mol. The second kappa shape index (κ2) is 6.37. The average Bonchev–Trinajstić information content (AvgIpc) is 2.84. The minimum atomic E-state index is -0.379. The van der Waals surface area contributed by atoms with Gasteiger partial charge in [0, 0.05) is 6.54 Å². The van der Waals surface area contributed by atoms with E-state index >= 15 is 0 Å². The summed E-state index contributed by atoms with van der Waals surface area (Å²) in [7, 11) is 0. The number of rotatable bonds is 3.